The van der Waals surface area contributed by atoms with Gasteiger partial charge in [-0.15, -0.1) is 11.3 Å². The minimum Gasteiger partial charge on any atom is -0.465 e. The lowest BCUT2D eigenvalue weighted by Gasteiger charge is -2.31. The smallest absolute Gasteiger partial charge is 0.341 e. The normalized spacial score (nSPS) is 15.5. The summed E-state index contributed by atoms with van der Waals surface area (Å²) >= 11 is 1.26. The molecule has 3 rings (SSSR count). The van der Waals surface area contributed by atoms with Gasteiger partial charge in [-0.1, -0.05) is 18.2 Å². The number of anilines is 2. The van der Waals surface area contributed by atoms with E-state index in [9.17, 15) is 19.2 Å². The fraction of sp³-hybridized carbons (Fsp3) is 0.391. The molecule has 1 fully saturated rings. The number of hydrogen-bond donors (Lipinski definition) is 2. The number of piperidine rings is 1. The van der Waals surface area contributed by atoms with Crippen LogP contribution < -0.4 is 10.6 Å². The molecule has 0 bridgehead atoms. The van der Waals surface area contributed by atoms with Gasteiger partial charge in [0.05, 0.1) is 18.6 Å². The lowest BCUT2D eigenvalue weighted by molar-refractivity contribution is -0.152. The van der Waals surface area contributed by atoms with E-state index < -0.39 is 30.4 Å². The molecule has 2 heterocycles. The van der Waals surface area contributed by atoms with Crippen LogP contribution in [0.3, 0.4) is 0 Å². The number of likely N-dealkylation sites (tertiary alicyclic amines) is 1. The zero-order chi connectivity index (χ0) is 24.0. The second-order valence-electron chi connectivity index (χ2n) is 7.72. The largest absolute Gasteiger partial charge is 0.465 e. The average Bonchev–Trinajstić information content (AvgIpc) is 3.10. The summed E-state index contributed by atoms with van der Waals surface area (Å²) in [7, 11) is 1.27. The SMILES string of the molecule is COC(=O)c1c(NC(=O)COC(=O)C2CCCN(C(=O)Nc3ccccc3)C2)sc(C)c1C. The molecule has 0 radical (unpaired) electrons. The van der Waals surface area contributed by atoms with E-state index in [0.29, 0.717) is 35.6 Å². The summed E-state index contributed by atoms with van der Waals surface area (Å²) in [6.45, 7) is 3.88. The number of urea groups is 1. The quantitative estimate of drug-likeness (QED) is 0.620. The Morgan fingerprint density at radius 3 is 2.55 bits per heavy atom. The molecule has 2 N–H and O–H groups in total. The highest BCUT2D eigenvalue weighted by Crippen LogP contribution is 2.33. The summed E-state index contributed by atoms with van der Waals surface area (Å²) in [5.74, 6) is -2.14. The van der Waals surface area contributed by atoms with Crippen molar-refractivity contribution in [2.45, 2.75) is 26.7 Å². The highest BCUT2D eigenvalue weighted by molar-refractivity contribution is 7.16. The lowest BCUT2D eigenvalue weighted by atomic mass is 9.98. The van der Waals surface area contributed by atoms with Gasteiger partial charge >= 0.3 is 18.0 Å². The van der Waals surface area contributed by atoms with E-state index >= 15 is 0 Å². The Morgan fingerprint density at radius 1 is 1.12 bits per heavy atom. The van der Waals surface area contributed by atoms with Crippen LogP contribution in [0, 0.1) is 19.8 Å². The van der Waals surface area contributed by atoms with Crippen LogP contribution in [0.5, 0.6) is 0 Å². The highest BCUT2D eigenvalue weighted by Gasteiger charge is 2.30. The van der Waals surface area contributed by atoms with E-state index in [-0.39, 0.29) is 12.6 Å². The second kappa shape index (κ2) is 11.0. The number of aryl methyl sites for hydroxylation is 1. The monoisotopic (exact) mass is 473 g/mol. The van der Waals surface area contributed by atoms with Crippen LogP contribution in [0.1, 0.15) is 33.6 Å². The molecule has 0 spiro atoms. The van der Waals surface area contributed by atoms with Crippen molar-refractivity contribution in [1.82, 2.24) is 4.90 Å². The van der Waals surface area contributed by atoms with Gasteiger partial charge in [-0.2, -0.15) is 0 Å². The van der Waals surface area contributed by atoms with Gasteiger partial charge in [0.15, 0.2) is 6.61 Å². The number of esters is 2. The van der Waals surface area contributed by atoms with Crippen molar-refractivity contribution in [3.05, 3.63) is 46.3 Å². The van der Waals surface area contributed by atoms with Gasteiger partial charge in [-0.3, -0.25) is 9.59 Å². The fourth-order valence-corrected chi connectivity index (χ4v) is 4.62. The molecular formula is C23H27N3O6S. The number of carbonyl (C=O) groups excluding carboxylic acids is 4. The Balaban J connectivity index is 1.52. The number of thiophene rings is 1. The van der Waals surface area contributed by atoms with Gasteiger partial charge < -0.3 is 25.0 Å². The first-order chi connectivity index (χ1) is 15.8. The van der Waals surface area contributed by atoms with E-state index in [1.165, 1.54) is 18.4 Å². The number of para-hydroxylation sites is 1. The van der Waals surface area contributed by atoms with Crippen LogP contribution in [-0.2, 0) is 19.1 Å². The molecule has 10 heteroatoms. The molecule has 3 amide bonds. The van der Waals surface area contributed by atoms with Gasteiger partial charge in [0.1, 0.15) is 5.00 Å². The minimum absolute atomic E-state index is 0.217. The number of nitrogens with zero attached hydrogens (tertiary/aromatic N) is 1. The second-order valence-corrected chi connectivity index (χ2v) is 8.94. The molecule has 1 aliphatic heterocycles. The lowest BCUT2D eigenvalue weighted by Crippen LogP contribution is -2.45. The molecule has 1 aromatic carbocycles. The Kier molecular flexibility index (Phi) is 8.05. The fourth-order valence-electron chi connectivity index (χ4n) is 3.56. The molecular weight excluding hydrogens is 446 g/mol. The van der Waals surface area contributed by atoms with Crippen LogP contribution in [0.25, 0.3) is 0 Å². The Labute approximate surface area is 196 Å². The molecule has 1 atom stereocenters. The number of benzene rings is 1. The Morgan fingerprint density at radius 2 is 1.85 bits per heavy atom. The van der Waals surface area contributed by atoms with Crippen molar-refractivity contribution in [1.29, 1.82) is 0 Å². The summed E-state index contributed by atoms with van der Waals surface area (Å²) in [6.07, 6.45) is 1.23. The molecule has 0 saturated carbocycles. The van der Waals surface area contributed by atoms with Gasteiger partial charge in [0, 0.05) is 23.7 Å². The molecule has 176 valence electrons. The van der Waals surface area contributed by atoms with Crippen LogP contribution >= 0.6 is 11.3 Å². The first kappa shape index (κ1) is 24.2. The van der Waals surface area contributed by atoms with Gasteiger partial charge in [-0.25, -0.2) is 9.59 Å². The third-order valence-corrected chi connectivity index (χ3v) is 6.56. The van der Waals surface area contributed by atoms with Crippen LogP contribution in [-0.4, -0.2) is 55.6 Å². The highest BCUT2D eigenvalue weighted by atomic mass is 32.1. The number of ether oxygens (including phenoxy) is 2. The van der Waals surface area contributed by atoms with Crippen molar-refractivity contribution in [2.75, 3.05) is 37.4 Å². The predicted molar refractivity (Wildman–Crippen MR) is 124 cm³/mol. The average molecular weight is 474 g/mol. The van der Waals surface area contributed by atoms with E-state index in [1.54, 1.807) is 24.0 Å². The molecule has 1 aliphatic rings. The maximum atomic E-state index is 12.5. The third kappa shape index (κ3) is 6.10. The summed E-state index contributed by atoms with van der Waals surface area (Å²) in [4.78, 5) is 51.9. The van der Waals surface area contributed by atoms with Crippen LogP contribution in [0.4, 0.5) is 15.5 Å². The van der Waals surface area contributed by atoms with E-state index in [0.717, 1.165) is 10.4 Å². The summed E-state index contributed by atoms with van der Waals surface area (Å²) in [5.41, 5.74) is 1.71. The summed E-state index contributed by atoms with van der Waals surface area (Å²) in [6, 6.07) is 8.79. The number of nitrogens with one attached hydrogen (secondary N) is 2. The first-order valence-electron chi connectivity index (χ1n) is 10.6. The third-order valence-electron chi connectivity index (χ3n) is 5.44. The number of hydrogen-bond acceptors (Lipinski definition) is 7. The van der Waals surface area contributed by atoms with Crippen molar-refractivity contribution in [3.8, 4) is 0 Å². The molecule has 2 aromatic rings. The maximum Gasteiger partial charge on any atom is 0.341 e. The van der Waals surface area contributed by atoms with Crippen molar-refractivity contribution < 1.29 is 28.7 Å². The number of rotatable bonds is 6. The molecule has 1 saturated heterocycles. The maximum absolute atomic E-state index is 12.5. The zero-order valence-corrected chi connectivity index (χ0v) is 19.6. The Bertz CT molecular complexity index is 1040. The molecule has 0 aliphatic carbocycles. The predicted octanol–water partition coefficient (Wildman–Crippen LogP) is 3.58. The topological polar surface area (TPSA) is 114 Å². The molecule has 1 unspecified atom stereocenters. The standard InChI is InChI=1S/C23H27N3O6S/c1-14-15(2)33-20(19(14)22(29)31-3)25-18(27)13-32-21(28)16-8-7-11-26(12-16)23(30)24-17-9-5-4-6-10-17/h4-6,9-10,16H,7-8,11-13H2,1-3H3,(H,24,30)(H,25,27). The van der Waals surface area contributed by atoms with Crippen LogP contribution in [0.15, 0.2) is 30.3 Å². The van der Waals surface area contributed by atoms with Crippen LogP contribution in [0.2, 0.25) is 0 Å². The van der Waals surface area contributed by atoms with E-state index in [4.69, 9.17) is 9.47 Å². The van der Waals surface area contributed by atoms with Gasteiger partial charge in [0.25, 0.3) is 5.91 Å². The summed E-state index contributed by atoms with van der Waals surface area (Å²) in [5, 5.41) is 5.80. The van der Waals surface area contributed by atoms with Crippen molar-refractivity contribution >= 4 is 45.9 Å². The Hall–Kier alpha value is -3.40. The number of methoxy groups -OCH3 is 1. The molecule has 9 nitrogen and oxygen atoms in total. The van der Waals surface area contributed by atoms with Crippen molar-refractivity contribution in [3.63, 3.8) is 0 Å². The number of amides is 3. The molecule has 1 aromatic heterocycles. The van der Waals surface area contributed by atoms with E-state index in [2.05, 4.69) is 10.6 Å². The molecule has 33 heavy (non-hydrogen) atoms. The first-order valence-corrected chi connectivity index (χ1v) is 11.4. The van der Waals surface area contributed by atoms with E-state index in [1.807, 2.05) is 25.1 Å². The number of carbonyl (C=O) groups is 4. The zero-order valence-electron chi connectivity index (χ0n) is 18.8. The van der Waals surface area contributed by atoms with Gasteiger partial charge in [0.2, 0.25) is 0 Å². The van der Waals surface area contributed by atoms with Crippen molar-refractivity contribution in [2.24, 2.45) is 5.92 Å². The minimum atomic E-state index is -0.552. The van der Waals surface area contributed by atoms with Gasteiger partial charge in [-0.05, 0) is 44.4 Å². The summed E-state index contributed by atoms with van der Waals surface area (Å²) < 4.78 is 10.00.